The van der Waals surface area contributed by atoms with Gasteiger partial charge in [-0.05, 0) is 50.3 Å². The molecule has 8 heteroatoms. The number of amides is 2. The fourth-order valence-electron chi connectivity index (χ4n) is 4.93. The van der Waals surface area contributed by atoms with Crippen LogP contribution in [0.1, 0.15) is 56.9 Å². The summed E-state index contributed by atoms with van der Waals surface area (Å²) in [5, 5.41) is 2.73. The quantitative estimate of drug-likeness (QED) is 0.780. The van der Waals surface area contributed by atoms with Crippen LogP contribution < -0.4 is 10.2 Å². The molecule has 1 aliphatic carbocycles. The number of carbonyl (C=O) groups is 2. The van der Waals surface area contributed by atoms with Crippen LogP contribution in [0.4, 0.5) is 24.5 Å². The molecule has 0 spiro atoms. The zero-order chi connectivity index (χ0) is 21.3. The number of hydrogen-bond acceptors (Lipinski definition) is 3. The summed E-state index contributed by atoms with van der Waals surface area (Å²) in [4.78, 5) is 29.2. The molecular formula is C22H28F3N3O2. The van der Waals surface area contributed by atoms with E-state index in [-0.39, 0.29) is 30.0 Å². The molecule has 3 fully saturated rings. The molecule has 1 aromatic rings. The summed E-state index contributed by atoms with van der Waals surface area (Å²) in [7, 11) is 0. The van der Waals surface area contributed by atoms with Crippen molar-refractivity contribution in [1.29, 1.82) is 0 Å². The van der Waals surface area contributed by atoms with Crippen LogP contribution in [0.25, 0.3) is 0 Å². The Balaban J connectivity index is 1.53. The van der Waals surface area contributed by atoms with Gasteiger partial charge in [0, 0.05) is 32.1 Å². The van der Waals surface area contributed by atoms with Crippen molar-refractivity contribution >= 4 is 23.2 Å². The Morgan fingerprint density at radius 1 is 1.03 bits per heavy atom. The molecule has 2 aliphatic heterocycles. The zero-order valence-electron chi connectivity index (χ0n) is 17.0. The third-order valence-corrected chi connectivity index (χ3v) is 6.57. The summed E-state index contributed by atoms with van der Waals surface area (Å²) < 4.78 is 39.8. The lowest BCUT2D eigenvalue weighted by Crippen LogP contribution is -2.35. The summed E-state index contributed by atoms with van der Waals surface area (Å²) in [5.41, 5.74) is 0.0187. The van der Waals surface area contributed by atoms with Crippen molar-refractivity contribution in [2.24, 2.45) is 5.92 Å². The first-order chi connectivity index (χ1) is 14.3. The van der Waals surface area contributed by atoms with Gasteiger partial charge < -0.3 is 15.1 Å². The lowest BCUT2D eigenvalue weighted by molar-refractivity contribution is -0.137. The minimum Gasteiger partial charge on any atom is -0.370 e. The second-order valence-electron chi connectivity index (χ2n) is 8.65. The second kappa shape index (κ2) is 8.47. The first-order valence-electron chi connectivity index (χ1n) is 10.9. The Bertz CT molecular complexity index is 799. The van der Waals surface area contributed by atoms with E-state index in [1.165, 1.54) is 6.07 Å². The van der Waals surface area contributed by atoms with E-state index < -0.39 is 17.7 Å². The number of piperidine rings is 1. The predicted molar refractivity (Wildman–Crippen MR) is 108 cm³/mol. The van der Waals surface area contributed by atoms with Gasteiger partial charge in [-0.15, -0.1) is 0 Å². The van der Waals surface area contributed by atoms with Crippen LogP contribution in [0.15, 0.2) is 18.2 Å². The van der Waals surface area contributed by atoms with Crippen molar-refractivity contribution < 1.29 is 22.8 Å². The van der Waals surface area contributed by atoms with E-state index in [0.29, 0.717) is 12.2 Å². The van der Waals surface area contributed by atoms with E-state index in [0.717, 1.165) is 70.2 Å². The fraction of sp³-hybridized carbons (Fsp3) is 0.636. The predicted octanol–water partition coefficient (Wildman–Crippen LogP) is 4.43. The molecule has 2 saturated heterocycles. The summed E-state index contributed by atoms with van der Waals surface area (Å²) in [6, 6.07) is 3.75. The maximum Gasteiger partial charge on any atom is 0.416 e. The number of nitrogens with one attached hydrogen (secondary N) is 1. The van der Waals surface area contributed by atoms with Crippen molar-refractivity contribution in [3.63, 3.8) is 0 Å². The van der Waals surface area contributed by atoms with Crippen LogP contribution in [-0.2, 0) is 15.8 Å². The number of benzene rings is 1. The van der Waals surface area contributed by atoms with Gasteiger partial charge in [-0.2, -0.15) is 13.2 Å². The van der Waals surface area contributed by atoms with Crippen LogP contribution in [0, 0.1) is 5.92 Å². The van der Waals surface area contributed by atoms with Gasteiger partial charge in [0.1, 0.15) is 0 Å². The van der Waals surface area contributed by atoms with Gasteiger partial charge in [0.15, 0.2) is 0 Å². The van der Waals surface area contributed by atoms with E-state index in [2.05, 4.69) is 5.32 Å². The summed E-state index contributed by atoms with van der Waals surface area (Å²) in [5.74, 6) is -0.925. The average Bonchev–Trinajstić information content (AvgIpc) is 3.37. The Labute approximate surface area is 174 Å². The van der Waals surface area contributed by atoms with Crippen LogP contribution >= 0.6 is 0 Å². The van der Waals surface area contributed by atoms with Gasteiger partial charge in [-0.1, -0.05) is 12.8 Å². The highest BCUT2D eigenvalue weighted by molar-refractivity contribution is 5.99. The first kappa shape index (κ1) is 21.0. The number of halogens is 3. The molecule has 0 radical (unpaired) electrons. The largest absolute Gasteiger partial charge is 0.416 e. The van der Waals surface area contributed by atoms with Crippen molar-refractivity contribution in [1.82, 2.24) is 4.90 Å². The molecule has 2 heterocycles. The number of hydrogen-bond donors (Lipinski definition) is 1. The van der Waals surface area contributed by atoms with Crippen LogP contribution in [0.5, 0.6) is 0 Å². The molecule has 30 heavy (non-hydrogen) atoms. The Hall–Kier alpha value is -2.25. The van der Waals surface area contributed by atoms with Crippen molar-refractivity contribution in [2.75, 3.05) is 29.9 Å². The van der Waals surface area contributed by atoms with E-state index in [4.69, 9.17) is 0 Å². The molecule has 1 atom stereocenters. The normalized spacial score (nSPS) is 23.3. The summed E-state index contributed by atoms with van der Waals surface area (Å²) in [6.45, 7) is 1.87. The molecular weight excluding hydrogens is 395 g/mol. The lowest BCUT2D eigenvalue weighted by atomic mass is 10.1. The van der Waals surface area contributed by atoms with Gasteiger partial charge in [-0.25, -0.2) is 0 Å². The molecule has 2 amide bonds. The first-order valence-corrected chi connectivity index (χ1v) is 10.9. The SMILES string of the molecule is O=C(Nc1cc(C(F)(F)F)ccc1N1CCCCC1)C1CC(=O)N(C2CCCC2)C1. The third kappa shape index (κ3) is 4.42. The van der Waals surface area contributed by atoms with E-state index in [1.807, 2.05) is 4.90 Å². The number of rotatable bonds is 4. The van der Waals surface area contributed by atoms with Crippen LogP contribution in [0.2, 0.25) is 0 Å². The fourth-order valence-corrected chi connectivity index (χ4v) is 4.93. The number of alkyl halides is 3. The van der Waals surface area contributed by atoms with Crippen molar-refractivity contribution in [3.8, 4) is 0 Å². The minimum absolute atomic E-state index is 0.0256. The zero-order valence-corrected chi connectivity index (χ0v) is 17.0. The Kier molecular flexibility index (Phi) is 5.93. The number of nitrogens with zero attached hydrogens (tertiary/aromatic N) is 2. The van der Waals surface area contributed by atoms with Gasteiger partial charge in [0.25, 0.3) is 0 Å². The van der Waals surface area contributed by atoms with Gasteiger partial charge >= 0.3 is 6.18 Å². The topological polar surface area (TPSA) is 52.7 Å². The maximum absolute atomic E-state index is 13.3. The molecule has 4 rings (SSSR count). The number of anilines is 2. The number of likely N-dealkylation sites (tertiary alicyclic amines) is 1. The summed E-state index contributed by atoms with van der Waals surface area (Å²) >= 11 is 0. The Morgan fingerprint density at radius 3 is 2.40 bits per heavy atom. The summed E-state index contributed by atoms with van der Waals surface area (Å²) in [6.07, 6.45) is 2.80. The second-order valence-corrected chi connectivity index (χ2v) is 8.65. The van der Waals surface area contributed by atoms with E-state index in [1.54, 1.807) is 4.90 Å². The molecule has 164 valence electrons. The van der Waals surface area contributed by atoms with Crippen LogP contribution in [0.3, 0.4) is 0 Å². The molecule has 1 unspecified atom stereocenters. The molecule has 0 aromatic heterocycles. The smallest absolute Gasteiger partial charge is 0.370 e. The van der Waals surface area contributed by atoms with Crippen molar-refractivity contribution in [3.05, 3.63) is 23.8 Å². The highest BCUT2D eigenvalue weighted by Crippen LogP contribution is 2.37. The molecule has 1 aromatic carbocycles. The van der Waals surface area contributed by atoms with Gasteiger partial charge in [-0.3, -0.25) is 9.59 Å². The lowest BCUT2D eigenvalue weighted by Gasteiger charge is -2.31. The average molecular weight is 423 g/mol. The van der Waals surface area contributed by atoms with Crippen LogP contribution in [-0.4, -0.2) is 42.4 Å². The Morgan fingerprint density at radius 2 is 1.73 bits per heavy atom. The molecule has 1 saturated carbocycles. The highest BCUT2D eigenvalue weighted by Gasteiger charge is 2.39. The molecule has 3 aliphatic rings. The van der Waals surface area contributed by atoms with Gasteiger partial charge in [0.2, 0.25) is 11.8 Å². The standard InChI is InChI=1S/C22H28F3N3O2/c23-22(24,25)16-8-9-19(27-10-4-1-5-11-27)18(13-16)26-21(30)15-12-20(29)28(14-15)17-6-2-3-7-17/h8-9,13,15,17H,1-7,10-12,14H2,(H,26,30). The maximum atomic E-state index is 13.3. The van der Waals surface area contributed by atoms with Gasteiger partial charge in [0.05, 0.1) is 22.9 Å². The number of carbonyl (C=O) groups excluding carboxylic acids is 2. The molecule has 1 N–H and O–H groups in total. The molecule has 0 bridgehead atoms. The van der Waals surface area contributed by atoms with E-state index in [9.17, 15) is 22.8 Å². The third-order valence-electron chi connectivity index (χ3n) is 6.57. The highest BCUT2D eigenvalue weighted by atomic mass is 19.4. The van der Waals surface area contributed by atoms with E-state index >= 15 is 0 Å². The minimum atomic E-state index is -4.48. The van der Waals surface area contributed by atoms with Crippen molar-refractivity contribution in [2.45, 2.75) is 63.6 Å². The molecule has 5 nitrogen and oxygen atoms in total. The monoisotopic (exact) mass is 423 g/mol.